The molecule has 13 nitrogen and oxygen atoms in total. The molecule has 0 saturated heterocycles. The summed E-state index contributed by atoms with van der Waals surface area (Å²) in [5.74, 6) is 2.35. The van der Waals surface area contributed by atoms with Crippen LogP contribution in [-0.2, 0) is 10.8 Å². The zero-order valence-electron chi connectivity index (χ0n) is 68.8. The van der Waals surface area contributed by atoms with Crippen molar-refractivity contribution in [1.29, 1.82) is 10.5 Å². The average molecular weight is 1650 g/mol. The third-order valence-electron chi connectivity index (χ3n) is 25.2. The zero-order valence-corrected chi connectivity index (χ0v) is 69.8. The van der Waals surface area contributed by atoms with Crippen LogP contribution in [0.15, 0.2) is 431 Å². The number of benzene rings is 17. The van der Waals surface area contributed by atoms with Gasteiger partial charge in [0.15, 0.2) is 43.0 Å². The molecule has 596 valence electrons. The van der Waals surface area contributed by atoms with Gasteiger partial charge in [0.25, 0.3) is 0 Å². The van der Waals surface area contributed by atoms with Crippen LogP contribution in [-0.4, -0.2) is 38.0 Å². The van der Waals surface area contributed by atoms with E-state index in [0.717, 1.165) is 95.4 Å². The standard InChI is InChI=1S/C60H38N6Si.C54H33N7/c1-62-51-39-44(38-43(40-61)56(51)59-64-57(41-22-6-2-7-23-41)63-58(65-59)42-24-8-3-9-25-42)66-52-34-18-14-30-47(52)60(48-31-15-19-35-53(48)66)49-32-16-20-36-54(49)67(45-26-10-4-11-27-45,46-28-12-5-13-29-46)55-37-21-17-33-50(55)60;1-56-45-34-40(33-38(35-55)50(45)53-58-51(36-19-5-2-6-20-36)57-52(59-53)37-21-7-3-8-22-37)61-48-31-17-13-27-43(48)54(44-28-14-18-32-49(44)61)41-25-11-15-29-46(41)60(39-23-9-4-10-24-39)47-30-16-12-26-42(47)54/h2-39H;2-34H. The van der Waals surface area contributed by atoms with Gasteiger partial charge in [-0.1, -0.05) is 358 Å². The van der Waals surface area contributed by atoms with Crippen LogP contribution in [0, 0.1) is 35.8 Å². The first kappa shape index (κ1) is 76.5. The first-order valence-corrected chi connectivity index (χ1v) is 44.3. The highest BCUT2D eigenvalue weighted by Gasteiger charge is 2.58. The van der Waals surface area contributed by atoms with Gasteiger partial charge < -0.3 is 14.7 Å². The van der Waals surface area contributed by atoms with Crippen LogP contribution < -0.4 is 35.4 Å². The molecule has 17 aromatic carbocycles. The highest BCUT2D eigenvalue weighted by atomic mass is 28.3. The van der Waals surface area contributed by atoms with Crippen molar-refractivity contribution in [2.24, 2.45) is 0 Å². The third-order valence-corrected chi connectivity index (χ3v) is 30.1. The van der Waals surface area contributed by atoms with Crippen LogP contribution in [0.3, 0.4) is 0 Å². The van der Waals surface area contributed by atoms with E-state index in [1.54, 1.807) is 0 Å². The quantitative estimate of drug-likeness (QED) is 0.0902. The molecule has 14 heteroatoms. The summed E-state index contributed by atoms with van der Waals surface area (Å²) in [6.45, 7) is 17.2. The van der Waals surface area contributed by atoms with Crippen molar-refractivity contribution in [2.75, 3.05) is 14.7 Å². The molecule has 0 bridgehead atoms. The molecule has 0 atom stereocenters. The number of para-hydroxylation sites is 7. The van der Waals surface area contributed by atoms with Gasteiger partial charge in [-0.25, -0.2) is 39.6 Å². The van der Waals surface area contributed by atoms with Gasteiger partial charge in [0.1, 0.15) is 0 Å². The van der Waals surface area contributed by atoms with Crippen LogP contribution >= 0.6 is 0 Å². The van der Waals surface area contributed by atoms with Gasteiger partial charge in [-0.2, -0.15) is 10.5 Å². The van der Waals surface area contributed by atoms with Gasteiger partial charge >= 0.3 is 0 Å². The van der Waals surface area contributed by atoms with Crippen LogP contribution in [0.5, 0.6) is 0 Å². The summed E-state index contributed by atoms with van der Waals surface area (Å²) in [6.07, 6.45) is 0. The lowest BCUT2D eigenvalue weighted by molar-refractivity contribution is 0.719. The van der Waals surface area contributed by atoms with E-state index in [2.05, 4.69) is 316 Å². The van der Waals surface area contributed by atoms with Crippen LogP contribution in [0.1, 0.15) is 55.6 Å². The number of rotatable bonds is 11. The fourth-order valence-electron chi connectivity index (χ4n) is 20.2. The normalized spacial score (nSPS) is 13.3. The fourth-order valence-corrected chi connectivity index (χ4v) is 25.5. The lowest BCUT2D eigenvalue weighted by atomic mass is 9.60. The van der Waals surface area contributed by atoms with Crippen molar-refractivity contribution in [1.82, 2.24) is 29.9 Å². The number of nitriles is 2. The second kappa shape index (κ2) is 31.7. The second-order valence-electron chi connectivity index (χ2n) is 31.8. The van der Waals surface area contributed by atoms with Crippen molar-refractivity contribution < 1.29 is 0 Å². The van der Waals surface area contributed by atoms with E-state index in [1.807, 2.05) is 152 Å². The van der Waals surface area contributed by atoms with Gasteiger partial charge in [-0.15, -0.1) is 0 Å². The molecule has 0 radical (unpaired) electrons. The molecule has 23 rings (SSSR count). The second-order valence-corrected chi connectivity index (χ2v) is 35.5. The molecular weight excluding hydrogens is 1580 g/mol. The Kier molecular flexibility index (Phi) is 18.9. The molecule has 4 aliphatic rings. The molecule has 0 fully saturated rings. The Balaban J connectivity index is 0.000000151. The number of fused-ring (bicyclic) bond motifs is 16. The molecule has 4 aliphatic heterocycles. The fraction of sp³-hybridized carbons (Fsp3) is 0.0175. The van der Waals surface area contributed by atoms with E-state index < -0.39 is 18.9 Å². The first-order chi connectivity index (χ1) is 63.3. The Morgan fingerprint density at radius 1 is 0.242 bits per heavy atom. The number of aromatic nitrogens is 6. The summed E-state index contributed by atoms with van der Waals surface area (Å²) in [6, 6.07) is 154. The Hall–Kier alpha value is -17.7. The SMILES string of the molecule is [C-]#[N+]c1cc(N2c3ccccc3C3(c4ccccc42)c2ccccc2[Si](c2ccccc2)(c2ccccc2)c2ccccc23)cc(C#N)c1-c1nc(-c2ccccc2)nc(-c2ccccc2)n1.[C-]#[N+]c1cc(N2c3ccccc3C3(c4ccccc4N(c4ccccc4)c4ccccc43)c3ccccc32)cc(C#N)c1-c1nc(-c2ccccc2)nc(-c2ccccc2)n1. The highest BCUT2D eigenvalue weighted by Crippen LogP contribution is 2.65. The third kappa shape index (κ3) is 12.0. The maximum atomic E-state index is 11.1. The summed E-state index contributed by atoms with van der Waals surface area (Å²) < 4.78 is 0. The number of hydrogen-bond donors (Lipinski definition) is 0. The molecule has 19 aromatic rings. The van der Waals surface area contributed by atoms with Gasteiger partial charge in [0.05, 0.1) is 81.4 Å². The van der Waals surface area contributed by atoms with Crippen LogP contribution in [0.2, 0.25) is 0 Å². The molecule has 0 unspecified atom stereocenters. The minimum Gasteiger partial charge on any atom is -0.311 e. The Morgan fingerprint density at radius 2 is 0.469 bits per heavy atom. The number of nitrogens with zero attached hydrogens (tertiary/aromatic N) is 13. The number of hydrogen-bond acceptors (Lipinski definition) is 11. The van der Waals surface area contributed by atoms with Crippen LogP contribution in [0.25, 0.3) is 78.0 Å². The van der Waals surface area contributed by atoms with Crippen molar-refractivity contribution >= 4 is 91.4 Å². The van der Waals surface area contributed by atoms with E-state index in [1.165, 1.54) is 31.9 Å². The number of anilines is 9. The Morgan fingerprint density at radius 3 is 0.750 bits per heavy atom. The van der Waals surface area contributed by atoms with E-state index in [-0.39, 0.29) is 34.2 Å². The van der Waals surface area contributed by atoms with E-state index >= 15 is 0 Å². The maximum absolute atomic E-state index is 11.1. The molecular formula is C114H71N13Si. The minimum absolute atomic E-state index is 0.263. The molecule has 128 heavy (non-hydrogen) atoms. The largest absolute Gasteiger partial charge is 0.311 e. The smallest absolute Gasteiger partial charge is 0.201 e. The summed E-state index contributed by atoms with van der Waals surface area (Å²) in [5, 5.41) is 27.4. The highest BCUT2D eigenvalue weighted by molar-refractivity contribution is 7.20. The molecule has 0 saturated carbocycles. The predicted octanol–water partition coefficient (Wildman–Crippen LogP) is 24.4. The molecule has 2 aromatic heterocycles. The van der Waals surface area contributed by atoms with E-state index in [9.17, 15) is 10.5 Å². The monoisotopic (exact) mass is 1650 g/mol. The lowest BCUT2D eigenvalue weighted by Gasteiger charge is -2.53. The maximum Gasteiger partial charge on any atom is 0.201 e. The van der Waals surface area contributed by atoms with E-state index in [4.69, 9.17) is 43.0 Å². The summed E-state index contributed by atoms with van der Waals surface area (Å²) in [7, 11) is -2.92. The Bertz CT molecular complexity index is 7360. The Labute approximate surface area is 742 Å². The zero-order chi connectivity index (χ0) is 85.9. The molecule has 2 spiro atoms. The topological polar surface area (TPSA) is 143 Å². The summed E-state index contributed by atoms with van der Waals surface area (Å²) in [4.78, 5) is 44.5. The van der Waals surface area contributed by atoms with E-state index in [0.29, 0.717) is 45.8 Å². The van der Waals surface area contributed by atoms with Gasteiger partial charge in [0.2, 0.25) is 11.4 Å². The van der Waals surface area contributed by atoms with Crippen molar-refractivity contribution in [3.8, 4) is 80.5 Å². The van der Waals surface area contributed by atoms with Crippen molar-refractivity contribution in [3.63, 3.8) is 0 Å². The predicted molar refractivity (Wildman–Crippen MR) is 513 cm³/mol. The molecule has 6 heterocycles. The van der Waals surface area contributed by atoms with Crippen molar-refractivity contribution in [2.45, 2.75) is 10.8 Å². The first-order valence-electron chi connectivity index (χ1n) is 42.3. The van der Waals surface area contributed by atoms with Gasteiger partial charge in [-0.3, -0.25) is 0 Å². The summed E-state index contributed by atoms with van der Waals surface area (Å²) >= 11 is 0. The molecule has 0 N–H and O–H groups in total. The van der Waals surface area contributed by atoms with Crippen molar-refractivity contribution in [3.05, 3.63) is 509 Å². The van der Waals surface area contributed by atoms with Crippen LogP contribution in [0.4, 0.5) is 62.6 Å². The van der Waals surface area contributed by atoms with Gasteiger partial charge in [0, 0.05) is 50.4 Å². The molecule has 0 aliphatic carbocycles. The molecule has 0 amide bonds. The lowest BCUT2D eigenvalue weighted by Crippen LogP contribution is -2.79. The average Bonchev–Trinajstić information content (AvgIpc) is 0.666. The minimum atomic E-state index is -2.92. The van der Waals surface area contributed by atoms with Gasteiger partial charge in [-0.05, 0) is 138 Å². The summed E-state index contributed by atoms with van der Waals surface area (Å²) in [5.41, 5.74) is 21.3.